The van der Waals surface area contributed by atoms with Gasteiger partial charge in [0.25, 0.3) is 0 Å². The van der Waals surface area contributed by atoms with Crippen LogP contribution in [0.25, 0.3) is 0 Å². The number of rotatable bonds is 5. The molecule has 4 heteroatoms. The number of benzene rings is 2. The molecule has 0 heterocycles. The van der Waals surface area contributed by atoms with Crippen LogP contribution in [0.3, 0.4) is 0 Å². The predicted molar refractivity (Wildman–Crippen MR) is 78.8 cm³/mol. The number of nitrogens with two attached hydrogens (primary N) is 1. The molecule has 2 rings (SSSR count). The number of anilines is 1. The lowest BCUT2D eigenvalue weighted by atomic mass is 10.1. The summed E-state index contributed by atoms with van der Waals surface area (Å²) >= 11 is 3.21. The summed E-state index contributed by atoms with van der Waals surface area (Å²) in [5.74, 6) is -0.0534. The van der Waals surface area contributed by atoms with Crippen LogP contribution in [-0.2, 0) is 6.42 Å². The second-order valence-corrected chi connectivity index (χ2v) is 5.18. The van der Waals surface area contributed by atoms with E-state index in [-0.39, 0.29) is 5.82 Å². The monoisotopic (exact) mass is 323 g/mol. The van der Waals surface area contributed by atoms with Gasteiger partial charge in [-0.1, -0.05) is 28.1 Å². The Morgan fingerprint density at radius 3 is 2.53 bits per heavy atom. The van der Waals surface area contributed by atoms with Crippen LogP contribution in [0.5, 0.6) is 5.75 Å². The predicted octanol–water partition coefficient (Wildman–Crippen LogP) is 4.18. The molecule has 2 N–H and O–H groups in total. The second kappa shape index (κ2) is 6.57. The van der Waals surface area contributed by atoms with Crippen LogP contribution < -0.4 is 10.5 Å². The number of hydrogen-bond acceptors (Lipinski definition) is 2. The number of halogens is 2. The summed E-state index contributed by atoms with van der Waals surface area (Å²) in [6.07, 6.45) is 1.72. The van der Waals surface area contributed by atoms with Crippen molar-refractivity contribution >= 4 is 21.6 Å². The molecule has 0 aliphatic heterocycles. The zero-order chi connectivity index (χ0) is 13.7. The van der Waals surface area contributed by atoms with E-state index >= 15 is 0 Å². The number of aryl methyl sites for hydroxylation is 1. The van der Waals surface area contributed by atoms with Gasteiger partial charge in [-0.15, -0.1) is 0 Å². The van der Waals surface area contributed by atoms with Crippen molar-refractivity contribution in [3.8, 4) is 5.75 Å². The molecular weight excluding hydrogens is 309 g/mol. The minimum Gasteiger partial charge on any atom is -0.491 e. The summed E-state index contributed by atoms with van der Waals surface area (Å²) in [5.41, 5.74) is 7.58. The largest absolute Gasteiger partial charge is 0.491 e. The SMILES string of the molecule is Nc1ccc(CCCOc2ccc(Br)cc2F)cc1. The fourth-order valence-corrected chi connectivity index (χ4v) is 2.07. The first kappa shape index (κ1) is 13.9. The molecular formula is C15H15BrFNO. The molecule has 0 amide bonds. The van der Waals surface area contributed by atoms with E-state index in [1.807, 2.05) is 24.3 Å². The first-order chi connectivity index (χ1) is 9.15. The standard InChI is InChI=1S/C15H15BrFNO/c16-12-5-8-15(14(17)10-12)19-9-1-2-11-3-6-13(18)7-4-11/h3-8,10H,1-2,9,18H2. The Labute approximate surface area is 120 Å². The third-order valence-corrected chi connectivity index (χ3v) is 3.23. The zero-order valence-corrected chi connectivity index (χ0v) is 12.0. The Kier molecular flexibility index (Phi) is 4.80. The van der Waals surface area contributed by atoms with E-state index in [0.717, 1.165) is 18.5 Å². The molecule has 19 heavy (non-hydrogen) atoms. The van der Waals surface area contributed by atoms with E-state index in [9.17, 15) is 4.39 Å². The van der Waals surface area contributed by atoms with Crippen LogP contribution in [0.2, 0.25) is 0 Å². The summed E-state index contributed by atoms with van der Waals surface area (Å²) in [4.78, 5) is 0. The van der Waals surface area contributed by atoms with Crippen LogP contribution >= 0.6 is 15.9 Å². The topological polar surface area (TPSA) is 35.2 Å². The van der Waals surface area contributed by atoms with Gasteiger partial charge in [0.1, 0.15) is 0 Å². The third-order valence-electron chi connectivity index (χ3n) is 2.74. The lowest BCUT2D eigenvalue weighted by Crippen LogP contribution is -2.01. The molecule has 0 saturated heterocycles. The van der Waals surface area contributed by atoms with Gasteiger partial charge in [-0.05, 0) is 48.7 Å². The molecule has 0 aliphatic carbocycles. The van der Waals surface area contributed by atoms with Crippen LogP contribution in [0, 0.1) is 5.82 Å². The van der Waals surface area contributed by atoms with Crippen molar-refractivity contribution in [2.75, 3.05) is 12.3 Å². The molecule has 100 valence electrons. The minimum absolute atomic E-state index is 0.292. The molecule has 0 fully saturated rings. The first-order valence-corrected chi connectivity index (χ1v) is 6.87. The maximum atomic E-state index is 13.5. The van der Waals surface area contributed by atoms with Crippen molar-refractivity contribution < 1.29 is 9.13 Å². The van der Waals surface area contributed by atoms with E-state index < -0.39 is 0 Å². The zero-order valence-electron chi connectivity index (χ0n) is 10.4. The Balaban J connectivity index is 1.79. The Morgan fingerprint density at radius 1 is 1.11 bits per heavy atom. The summed E-state index contributed by atoms with van der Waals surface area (Å²) in [5, 5.41) is 0. The lowest BCUT2D eigenvalue weighted by molar-refractivity contribution is 0.295. The van der Waals surface area contributed by atoms with Gasteiger partial charge in [-0.25, -0.2) is 4.39 Å². The first-order valence-electron chi connectivity index (χ1n) is 6.07. The molecule has 2 aromatic carbocycles. The van der Waals surface area contributed by atoms with E-state index in [4.69, 9.17) is 10.5 Å². The van der Waals surface area contributed by atoms with Gasteiger partial charge >= 0.3 is 0 Å². The molecule has 0 spiro atoms. The van der Waals surface area contributed by atoms with Gasteiger partial charge in [0.15, 0.2) is 11.6 Å². The fourth-order valence-electron chi connectivity index (χ4n) is 1.73. The van der Waals surface area contributed by atoms with Gasteiger partial charge in [0.2, 0.25) is 0 Å². The van der Waals surface area contributed by atoms with Crippen molar-refractivity contribution in [1.29, 1.82) is 0 Å². The molecule has 0 unspecified atom stereocenters. The second-order valence-electron chi connectivity index (χ2n) is 4.27. The summed E-state index contributed by atoms with van der Waals surface area (Å²) in [6.45, 7) is 0.489. The summed E-state index contributed by atoms with van der Waals surface area (Å²) in [7, 11) is 0. The van der Waals surface area contributed by atoms with Crippen LogP contribution in [0.1, 0.15) is 12.0 Å². The highest BCUT2D eigenvalue weighted by molar-refractivity contribution is 9.10. The number of nitrogen functional groups attached to an aromatic ring is 1. The van der Waals surface area contributed by atoms with Gasteiger partial charge < -0.3 is 10.5 Å². The molecule has 0 aromatic heterocycles. The van der Waals surface area contributed by atoms with Crippen molar-refractivity contribution in [3.63, 3.8) is 0 Å². The summed E-state index contributed by atoms with van der Waals surface area (Å²) in [6, 6.07) is 12.5. The van der Waals surface area contributed by atoms with E-state index in [1.165, 1.54) is 11.6 Å². The molecule has 0 bridgehead atoms. The Bertz CT molecular complexity index is 542. The number of ether oxygens (including phenoxy) is 1. The number of hydrogen-bond donors (Lipinski definition) is 1. The highest BCUT2D eigenvalue weighted by Gasteiger charge is 2.03. The van der Waals surface area contributed by atoms with Crippen LogP contribution in [-0.4, -0.2) is 6.61 Å². The highest BCUT2D eigenvalue weighted by atomic mass is 79.9. The molecule has 0 atom stereocenters. The molecule has 2 aromatic rings. The van der Waals surface area contributed by atoms with E-state index in [0.29, 0.717) is 16.8 Å². The lowest BCUT2D eigenvalue weighted by Gasteiger charge is -2.07. The maximum Gasteiger partial charge on any atom is 0.166 e. The van der Waals surface area contributed by atoms with Crippen LogP contribution in [0.4, 0.5) is 10.1 Å². The Hall–Kier alpha value is -1.55. The van der Waals surface area contributed by atoms with Crippen molar-refractivity contribution in [2.24, 2.45) is 0 Å². The Morgan fingerprint density at radius 2 is 1.84 bits per heavy atom. The maximum absolute atomic E-state index is 13.5. The summed E-state index contributed by atoms with van der Waals surface area (Å²) < 4.78 is 19.6. The molecule has 0 saturated carbocycles. The normalized spacial score (nSPS) is 10.4. The van der Waals surface area contributed by atoms with Gasteiger partial charge in [0, 0.05) is 10.2 Å². The quantitative estimate of drug-likeness (QED) is 0.661. The highest BCUT2D eigenvalue weighted by Crippen LogP contribution is 2.21. The van der Waals surface area contributed by atoms with Crippen molar-refractivity contribution in [3.05, 3.63) is 58.3 Å². The van der Waals surface area contributed by atoms with Crippen molar-refractivity contribution in [1.82, 2.24) is 0 Å². The van der Waals surface area contributed by atoms with Gasteiger partial charge in [-0.2, -0.15) is 0 Å². The van der Waals surface area contributed by atoms with Gasteiger partial charge in [0.05, 0.1) is 6.61 Å². The van der Waals surface area contributed by atoms with E-state index in [1.54, 1.807) is 12.1 Å². The fraction of sp³-hybridized carbons (Fsp3) is 0.200. The van der Waals surface area contributed by atoms with Crippen molar-refractivity contribution in [2.45, 2.75) is 12.8 Å². The molecule has 0 aliphatic rings. The molecule has 0 radical (unpaired) electrons. The van der Waals surface area contributed by atoms with Gasteiger partial charge in [-0.3, -0.25) is 0 Å². The average Bonchev–Trinajstić information content (AvgIpc) is 2.39. The average molecular weight is 324 g/mol. The van der Waals surface area contributed by atoms with E-state index in [2.05, 4.69) is 15.9 Å². The minimum atomic E-state index is -0.346. The smallest absolute Gasteiger partial charge is 0.166 e. The third kappa shape index (κ3) is 4.24. The van der Waals surface area contributed by atoms with Crippen LogP contribution in [0.15, 0.2) is 46.9 Å². The molecule has 2 nitrogen and oxygen atoms in total.